The number of nitrogens with zero attached hydrogens (tertiary/aromatic N) is 2. The van der Waals surface area contributed by atoms with Crippen LogP contribution in [0.4, 0.5) is 0 Å². The van der Waals surface area contributed by atoms with Gasteiger partial charge in [0.25, 0.3) is 0 Å². The number of carbonyl (C=O) groups is 1. The number of rotatable bonds is 1. The number of carbonyl (C=O) groups excluding carboxylic acids is 1. The average molecular weight is 610 g/mol. The average Bonchev–Trinajstić information content (AvgIpc) is 2.95. The molecule has 0 aromatic carbocycles. The van der Waals surface area contributed by atoms with Gasteiger partial charge in [0.2, 0.25) is 17.8 Å². The number of nitrogens with two attached hydrogens (primary N) is 1. The van der Waals surface area contributed by atoms with E-state index in [1.165, 1.54) is 37.7 Å². The van der Waals surface area contributed by atoms with Gasteiger partial charge in [-0.25, -0.2) is 0 Å². The molecule has 4 saturated carbocycles. The van der Waals surface area contributed by atoms with Crippen LogP contribution in [-0.2, 0) is 9.53 Å². The molecule has 246 valence electrons. The highest BCUT2D eigenvalue weighted by molar-refractivity contribution is 6.03. The molecule has 0 spiro atoms. The molecule has 5 aliphatic carbocycles. The zero-order chi connectivity index (χ0) is 31.9. The fraction of sp³-hybridized carbons (Fsp3) is 0.861. The molecule has 5 fully saturated rings. The van der Waals surface area contributed by atoms with Gasteiger partial charge in [0.15, 0.2) is 0 Å². The molecular formula is C36H59N5O3. The Kier molecular flexibility index (Phi) is 7.68. The Morgan fingerprint density at radius 3 is 2.43 bits per heavy atom. The zero-order valence-electron chi connectivity index (χ0n) is 28.5. The molecule has 6 aliphatic rings. The normalized spacial score (nSPS) is 46.9. The van der Waals surface area contributed by atoms with Crippen molar-refractivity contribution in [2.75, 3.05) is 26.3 Å². The van der Waals surface area contributed by atoms with Crippen molar-refractivity contribution < 1.29 is 14.6 Å². The third-order valence-electron chi connectivity index (χ3n) is 15.0. The fourth-order valence-corrected chi connectivity index (χ4v) is 12.2. The highest BCUT2D eigenvalue weighted by Crippen LogP contribution is 2.76. The van der Waals surface area contributed by atoms with Crippen LogP contribution in [0.5, 0.6) is 0 Å². The van der Waals surface area contributed by atoms with Gasteiger partial charge in [-0.05, 0) is 104 Å². The van der Waals surface area contributed by atoms with Crippen LogP contribution in [0.3, 0.4) is 0 Å². The minimum absolute atomic E-state index is 0.0398. The van der Waals surface area contributed by atoms with Gasteiger partial charge in [0.1, 0.15) is 0 Å². The summed E-state index contributed by atoms with van der Waals surface area (Å²) >= 11 is 0. The number of nitrogens with one attached hydrogen (secondary N) is 2. The molecule has 8 nitrogen and oxygen atoms in total. The SMILES string of the molecule is CC1CCC2(C(=O)NC(N)=NC(=N)N3CCOCC3)CCC3(C)C(=CCC4C5(C)CCCC(C)(C)C5CCC43C)C2C1(C)O. The Bertz CT molecular complexity index is 1250. The first kappa shape index (κ1) is 32.0. The van der Waals surface area contributed by atoms with Crippen molar-refractivity contribution >= 4 is 17.8 Å². The van der Waals surface area contributed by atoms with E-state index < -0.39 is 11.0 Å². The first-order valence-electron chi connectivity index (χ1n) is 17.5. The van der Waals surface area contributed by atoms with Crippen molar-refractivity contribution in [3.63, 3.8) is 0 Å². The summed E-state index contributed by atoms with van der Waals surface area (Å²) < 4.78 is 5.40. The second kappa shape index (κ2) is 10.5. The molecule has 9 unspecified atom stereocenters. The largest absolute Gasteiger partial charge is 0.389 e. The molecule has 9 atom stereocenters. The van der Waals surface area contributed by atoms with E-state index in [2.05, 4.69) is 57.9 Å². The second-order valence-corrected chi connectivity index (χ2v) is 17.3. The van der Waals surface area contributed by atoms with Crippen molar-refractivity contribution in [3.05, 3.63) is 11.6 Å². The van der Waals surface area contributed by atoms with Crippen molar-refractivity contribution in [1.82, 2.24) is 10.2 Å². The van der Waals surface area contributed by atoms with Gasteiger partial charge in [0, 0.05) is 19.0 Å². The van der Waals surface area contributed by atoms with Gasteiger partial charge in [-0.15, -0.1) is 0 Å². The van der Waals surface area contributed by atoms with Crippen LogP contribution in [0.2, 0.25) is 0 Å². The quantitative estimate of drug-likeness (QED) is 0.169. The summed E-state index contributed by atoms with van der Waals surface area (Å²) in [5.41, 5.74) is 6.56. The first-order valence-corrected chi connectivity index (χ1v) is 17.5. The summed E-state index contributed by atoms with van der Waals surface area (Å²) in [6, 6.07) is 0. The van der Waals surface area contributed by atoms with Crippen LogP contribution in [0.15, 0.2) is 16.6 Å². The van der Waals surface area contributed by atoms with Crippen LogP contribution in [0.25, 0.3) is 0 Å². The maximum atomic E-state index is 14.5. The standard InChI is InChI=1S/C36H59N5O3/c1-23-11-16-36(28(42)39-29(37)40-30(38)41-19-21-44-22-20-41)18-17-33(5)24(27(36)35(23,7)43)9-10-26-32(4)14-8-13-31(2,3)25(32)12-15-34(26,33)6/h9,23,25-27,43H,8,10-22H2,1-7H3,(H4,37,38,39,40,42). The Morgan fingerprint density at radius 2 is 1.73 bits per heavy atom. The first-order chi connectivity index (χ1) is 20.5. The van der Waals surface area contributed by atoms with Gasteiger partial charge in [-0.1, -0.05) is 59.6 Å². The number of fused-ring (bicyclic) bond motifs is 7. The smallest absolute Gasteiger partial charge is 0.233 e. The Hall–Kier alpha value is -1.93. The van der Waals surface area contributed by atoms with Gasteiger partial charge >= 0.3 is 0 Å². The molecule has 1 amide bonds. The van der Waals surface area contributed by atoms with Crippen LogP contribution in [-0.4, -0.2) is 59.7 Å². The molecule has 8 heteroatoms. The summed E-state index contributed by atoms with van der Waals surface area (Å²) in [6.07, 6.45) is 13.1. The number of morpholine rings is 1. The van der Waals surface area contributed by atoms with E-state index in [0.717, 1.165) is 38.0 Å². The van der Waals surface area contributed by atoms with Crippen molar-refractivity contribution in [1.29, 1.82) is 5.41 Å². The molecule has 0 bridgehead atoms. The molecular weight excluding hydrogens is 550 g/mol. The molecule has 0 radical (unpaired) electrons. The van der Waals surface area contributed by atoms with Gasteiger partial charge in [-0.3, -0.25) is 15.5 Å². The third-order valence-corrected chi connectivity index (χ3v) is 15.0. The lowest BCUT2D eigenvalue weighted by Crippen LogP contribution is -2.68. The highest BCUT2D eigenvalue weighted by atomic mass is 16.5. The predicted octanol–water partition coefficient (Wildman–Crippen LogP) is 5.85. The highest BCUT2D eigenvalue weighted by Gasteiger charge is 2.70. The third kappa shape index (κ3) is 4.46. The number of guanidine groups is 2. The summed E-state index contributed by atoms with van der Waals surface area (Å²) in [4.78, 5) is 20.5. The van der Waals surface area contributed by atoms with Crippen molar-refractivity contribution in [3.8, 4) is 0 Å². The molecule has 1 aliphatic heterocycles. The zero-order valence-corrected chi connectivity index (χ0v) is 28.5. The van der Waals surface area contributed by atoms with Gasteiger partial charge in [0.05, 0.1) is 24.2 Å². The summed E-state index contributed by atoms with van der Waals surface area (Å²) in [5, 5.41) is 23.8. The molecule has 5 N–H and O–H groups in total. The fourth-order valence-electron chi connectivity index (χ4n) is 12.2. The lowest BCUT2D eigenvalue weighted by molar-refractivity contribution is -0.200. The minimum atomic E-state index is -1.02. The predicted molar refractivity (Wildman–Crippen MR) is 175 cm³/mol. The summed E-state index contributed by atoms with van der Waals surface area (Å²) in [5.74, 6) is 0.996. The molecule has 44 heavy (non-hydrogen) atoms. The van der Waals surface area contributed by atoms with Crippen molar-refractivity contribution in [2.45, 2.75) is 118 Å². The van der Waals surface area contributed by atoms with Crippen LogP contribution in [0.1, 0.15) is 113 Å². The Labute approximate surface area is 265 Å². The number of amides is 1. The molecule has 1 saturated heterocycles. The van der Waals surface area contributed by atoms with Crippen LogP contribution < -0.4 is 11.1 Å². The van der Waals surface area contributed by atoms with Gasteiger partial charge < -0.3 is 20.5 Å². The molecule has 6 rings (SSSR count). The van der Waals surface area contributed by atoms with E-state index >= 15 is 0 Å². The number of ether oxygens (including phenoxy) is 1. The summed E-state index contributed by atoms with van der Waals surface area (Å²) in [6.45, 7) is 19.1. The maximum Gasteiger partial charge on any atom is 0.233 e. The number of aliphatic hydroxyl groups is 1. The number of allylic oxidation sites excluding steroid dienone is 1. The second-order valence-electron chi connectivity index (χ2n) is 17.3. The van der Waals surface area contributed by atoms with E-state index in [1.54, 1.807) is 0 Å². The van der Waals surface area contributed by atoms with Crippen molar-refractivity contribution in [2.24, 2.45) is 61.5 Å². The monoisotopic (exact) mass is 609 g/mol. The van der Waals surface area contributed by atoms with Gasteiger partial charge in [-0.2, -0.15) is 4.99 Å². The number of aliphatic imine (C=N–C) groups is 1. The van der Waals surface area contributed by atoms with E-state index in [9.17, 15) is 9.90 Å². The Morgan fingerprint density at radius 1 is 1.02 bits per heavy atom. The van der Waals surface area contributed by atoms with E-state index in [4.69, 9.17) is 15.9 Å². The topological polar surface area (TPSA) is 124 Å². The number of hydrogen-bond acceptors (Lipinski definition) is 4. The Balaban J connectivity index is 1.36. The van der Waals surface area contributed by atoms with Crippen LogP contribution in [0, 0.1) is 56.2 Å². The molecule has 1 heterocycles. The molecule has 0 aromatic heterocycles. The van der Waals surface area contributed by atoms with Crippen LogP contribution >= 0.6 is 0 Å². The summed E-state index contributed by atoms with van der Waals surface area (Å²) in [7, 11) is 0. The molecule has 0 aromatic rings. The maximum absolute atomic E-state index is 14.5. The van der Waals surface area contributed by atoms with E-state index in [1.807, 2.05) is 11.8 Å². The lowest BCUT2D eigenvalue weighted by Gasteiger charge is -2.71. The van der Waals surface area contributed by atoms with E-state index in [0.29, 0.717) is 43.1 Å². The van der Waals surface area contributed by atoms with E-state index in [-0.39, 0.29) is 40.5 Å². The number of hydrogen-bond donors (Lipinski definition) is 4. The minimum Gasteiger partial charge on any atom is -0.389 e. The lowest BCUT2D eigenvalue weighted by atomic mass is 9.33.